The molecule has 9 N–H and O–H groups in total. The molecular weight excluding hydrogens is 823 g/mol. The van der Waals surface area contributed by atoms with Crippen LogP contribution in [0, 0.1) is 0 Å². The molecule has 14 heteroatoms. The Morgan fingerprint density at radius 2 is 1.02 bits per heavy atom. The molecule has 2 heterocycles. The van der Waals surface area contributed by atoms with Crippen molar-refractivity contribution in [1.29, 1.82) is 0 Å². The minimum atomic E-state index is -1.78. The molecule has 2 saturated heterocycles. The number of rotatable bonds is 39. The molecular formula is C50H93NO13. The van der Waals surface area contributed by atoms with Gasteiger partial charge in [-0.3, -0.25) is 4.79 Å². The van der Waals surface area contributed by atoms with Gasteiger partial charge in [-0.25, -0.2) is 0 Å². The van der Waals surface area contributed by atoms with Crippen LogP contribution in [-0.2, 0) is 23.7 Å². The van der Waals surface area contributed by atoms with E-state index in [-0.39, 0.29) is 18.9 Å². The zero-order valence-corrected chi connectivity index (χ0v) is 39.8. The van der Waals surface area contributed by atoms with Gasteiger partial charge in [0.05, 0.1) is 32.0 Å². The van der Waals surface area contributed by atoms with Gasteiger partial charge in [0.1, 0.15) is 48.8 Å². The summed E-state index contributed by atoms with van der Waals surface area (Å²) in [6, 6.07) is -0.907. The van der Waals surface area contributed by atoms with Crippen LogP contribution in [0.3, 0.4) is 0 Å². The Bertz CT molecular complexity index is 1170. The Balaban J connectivity index is 1.57. The average molecular weight is 916 g/mol. The molecule has 0 aliphatic carbocycles. The van der Waals surface area contributed by atoms with Crippen LogP contribution in [0.4, 0.5) is 0 Å². The van der Waals surface area contributed by atoms with Crippen molar-refractivity contribution in [3.63, 3.8) is 0 Å². The monoisotopic (exact) mass is 916 g/mol. The molecule has 2 aliphatic rings. The number of amides is 1. The third-order valence-electron chi connectivity index (χ3n) is 12.6. The van der Waals surface area contributed by atoms with Crippen molar-refractivity contribution in [2.75, 3.05) is 19.8 Å². The van der Waals surface area contributed by atoms with E-state index in [1.54, 1.807) is 6.08 Å². The molecule has 64 heavy (non-hydrogen) atoms. The van der Waals surface area contributed by atoms with Gasteiger partial charge in [-0.05, 0) is 38.5 Å². The molecule has 14 nitrogen and oxygen atoms in total. The summed E-state index contributed by atoms with van der Waals surface area (Å²) < 4.78 is 22.5. The molecule has 0 bridgehead atoms. The molecule has 12 atom stereocenters. The fourth-order valence-electron chi connectivity index (χ4n) is 8.41. The van der Waals surface area contributed by atoms with E-state index < -0.39 is 86.8 Å². The van der Waals surface area contributed by atoms with Gasteiger partial charge in [0, 0.05) is 6.42 Å². The van der Waals surface area contributed by atoms with Gasteiger partial charge in [-0.1, -0.05) is 173 Å². The predicted octanol–water partition coefficient (Wildman–Crippen LogP) is 6.55. The van der Waals surface area contributed by atoms with Crippen molar-refractivity contribution in [2.24, 2.45) is 0 Å². The number of hydrogen-bond donors (Lipinski definition) is 9. The molecule has 0 radical (unpaired) electrons. The highest BCUT2D eigenvalue weighted by atomic mass is 16.7. The lowest BCUT2D eigenvalue weighted by Crippen LogP contribution is -2.65. The number of carbonyl (C=O) groups is 1. The van der Waals surface area contributed by atoms with Crippen molar-refractivity contribution < 1.29 is 64.6 Å². The molecule has 1 amide bonds. The summed E-state index contributed by atoms with van der Waals surface area (Å²) in [6.07, 6.45) is 25.0. The lowest BCUT2D eigenvalue weighted by atomic mass is 9.97. The first-order valence-corrected chi connectivity index (χ1v) is 25.6. The van der Waals surface area contributed by atoms with E-state index in [9.17, 15) is 45.6 Å². The normalized spacial score (nSPS) is 27.4. The summed E-state index contributed by atoms with van der Waals surface area (Å²) in [5, 5.41) is 85.8. The summed E-state index contributed by atoms with van der Waals surface area (Å²) in [4.78, 5) is 13.0. The van der Waals surface area contributed by atoms with Crippen LogP contribution >= 0.6 is 0 Å². The fourth-order valence-corrected chi connectivity index (χ4v) is 8.41. The summed E-state index contributed by atoms with van der Waals surface area (Å²) in [5.41, 5.74) is 0. The number of aliphatic hydroxyl groups excluding tert-OH is 8. The minimum absolute atomic E-state index is 0.250. The maximum absolute atomic E-state index is 13.0. The molecule has 2 rings (SSSR count). The molecule has 2 fully saturated rings. The number of carbonyl (C=O) groups excluding carboxylic acids is 1. The van der Waals surface area contributed by atoms with Crippen molar-refractivity contribution >= 4 is 5.91 Å². The SMILES string of the molecule is CCC/C=C/C(O)C(COC1OC(CO)C(OC2OC(CO)C(O)C(O)C2O)C(O)C1O)NC(=O)CCCCCCCCCCCCCCCCC/C=C\CCCCCCCCCC. The molecule has 0 aromatic rings. The lowest BCUT2D eigenvalue weighted by Gasteiger charge is -2.46. The highest BCUT2D eigenvalue weighted by molar-refractivity contribution is 5.76. The third kappa shape index (κ3) is 24.5. The largest absolute Gasteiger partial charge is 0.394 e. The van der Waals surface area contributed by atoms with E-state index in [1.165, 1.54) is 135 Å². The van der Waals surface area contributed by atoms with E-state index in [2.05, 4.69) is 24.4 Å². The molecule has 376 valence electrons. The van der Waals surface area contributed by atoms with Gasteiger partial charge < -0.3 is 65.1 Å². The second-order valence-electron chi connectivity index (χ2n) is 18.3. The summed E-state index contributed by atoms with van der Waals surface area (Å²) >= 11 is 0. The number of ether oxygens (including phenoxy) is 4. The van der Waals surface area contributed by atoms with Gasteiger partial charge in [-0.2, -0.15) is 0 Å². The number of unbranched alkanes of at least 4 members (excludes halogenated alkanes) is 24. The Hall–Kier alpha value is -1.53. The number of hydrogen-bond acceptors (Lipinski definition) is 13. The standard InChI is InChI=1S/C50H93NO13/c1-3-5-7-8-9-10-11-12-13-14-15-16-17-18-19-20-21-22-23-24-25-26-27-28-29-30-32-34-42(55)51-38(39(54)33-31-6-4-2)37-61-49-47(60)45(58)48(41(36-53)63-49)64-50-46(59)44(57)43(56)40(35-52)62-50/h14-15,31,33,38-41,43-50,52-54,56-60H,3-13,16-30,32,34-37H2,1-2H3,(H,51,55)/b15-14-,33-31+. The van der Waals surface area contributed by atoms with Gasteiger partial charge in [0.25, 0.3) is 0 Å². The first-order chi connectivity index (χ1) is 31.1. The summed E-state index contributed by atoms with van der Waals surface area (Å²) in [5.74, 6) is -0.250. The molecule has 0 spiro atoms. The quantitative estimate of drug-likeness (QED) is 0.0236. The van der Waals surface area contributed by atoms with Gasteiger partial charge in [0.2, 0.25) is 5.91 Å². The van der Waals surface area contributed by atoms with Crippen LogP contribution in [-0.4, -0.2) is 140 Å². The zero-order valence-electron chi connectivity index (χ0n) is 39.8. The number of nitrogens with one attached hydrogen (secondary N) is 1. The lowest BCUT2D eigenvalue weighted by molar-refractivity contribution is -0.359. The highest BCUT2D eigenvalue weighted by Gasteiger charge is 2.51. The van der Waals surface area contributed by atoms with E-state index in [0.29, 0.717) is 6.42 Å². The van der Waals surface area contributed by atoms with E-state index in [1.807, 2.05) is 13.0 Å². The molecule has 12 unspecified atom stereocenters. The number of allylic oxidation sites excluding steroid dienone is 3. The Morgan fingerprint density at radius 3 is 1.52 bits per heavy atom. The second-order valence-corrected chi connectivity index (χ2v) is 18.3. The van der Waals surface area contributed by atoms with Crippen LogP contribution in [0.25, 0.3) is 0 Å². The molecule has 0 aromatic carbocycles. The van der Waals surface area contributed by atoms with Crippen molar-refractivity contribution in [3.8, 4) is 0 Å². The van der Waals surface area contributed by atoms with Gasteiger partial charge in [-0.15, -0.1) is 0 Å². The molecule has 0 saturated carbocycles. The third-order valence-corrected chi connectivity index (χ3v) is 12.6. The van der Waals surface area contributed by atoms with Crippen LogP contribution in [0.15, 0.2) is 24.3 Å². The fraction of sp³-hybridized carbons (Fsp3) is 0.900. The second kappa shape index (κ2) is 37.5. The van der Waals surface area contributed by atoms with Crippen molar-refractivity contribution in [1.82, 2.24) is 5.32 Å². The van der Waals surface area contributed by atoms with Gasteiger partial charge >= 0.3 is 0 Å². The Kier molecular flexibility index (Phi) is 34.3. The molecule has 0 aromatic heterocycles. The zero-order chi connectivity index (χ0) is 46.8. The molecule has 2 aliphatic heterocycles. The average Bonchev–Trinajstić information content (AvgIpc) is 3.29. The van der Waals surface area contributed by atoms with Crippen LogP contribution in [0.2, 0.25) is 0 Å². The maximum atomic E-state index is 13.0. The van der Waals surface area contributed by atoms with Crippen LogP contribution < -0.4 is 5.32 Å². The predicted molar refractivity (Wildman–Crippen MR) is 249 cm³/mol. The van der Waals surface area contributed by atoms with Gasteiger partial charge in [0.15, 0.2) is 12.6 Å². The number of aliphatic hydroxyl groups is 8. The van der Waals surface area contributed by atoms with Crippen LogP contribution in [0.5, 0.6) is 0 Å². The topological polar surface area (TPSA) is 228 Å². The van der Waals surface area contributed by atoms with Crippen LogP contribution in [0.1, 0.15) is 194 Å². The summed E-state index contributed by atoms with van der Waals surface area (Å²) in [7, 11) is 0. The van der Waals surface area contributed by atoms with Crippen molar-refractivity contribution in [2.45, 2.75) is 267 Å². The maximum Gasteiger partial charge on any atom is 0.220 e. The minimum Gasteiger partial charge on any atom is -0.394 e. The van der Waals surface area contributed by atoms with E-state index in [0.717, 1.165) is 32.1 Å². The Labute approximate surface area is 386 Å². The first-order valence-electron chi connectivity index (χ1n) is 25.6. The smallest absolute Gasteiger partial charge is 0.220 e. The summed E-state index contributed by atoms with van der Waals surface area (Å²) in [6.45, 7) is 2.56. The van der Waals surface area contributed by atoms with E-state index in [4.69, 9.17) is 18.9 Å². The Morgan fingerprint density at radius 1 is 0.547 bits per heavy atom. The van der Waals surface area contributed by atoms with E-state index >= 15 is 0 Å². The van der Waals surface area contributed by atoms with Crippen molar-refractivity contribution in [3.05, 3.63) is 24.3 Å². The first kappa shape index (κ1) is 58.6. The highest BCUT2D eigenvalue weighted by Crippen LogP contribution is 2.30.